The van der Waals surface area contributed by atoms with Crippen molar-refractivity contribution in [2.75, 3.05) is 0 Å². The number of hydrogen-bond acceptors (Lipinski definition) is 0. The Balaban J connectivity index is 2.53. The van der Waals surface area contributed by atoms with Crippen molar-refractivity contribution in [3.05, 3.63) is 69.8 Å². The van der Waals surface area contributed by atoms with E-state index in [9.17, 15) is 0 Å². The Bertz CT molecular complexity index is 867. The second-order valence-electron chi connectivity index (χ2n) is 13.8. The normalized spacial score (nSPS) is 14.6. The van der Waals surface area contributed by atoms with Crippen molar-refractivity contribution in [1.29, 1.82) is 0 Å². The maximum atomic E-state index is 2.47. The zero-order valence-corrected chi connectivity index (χ0v) is 22.7. The number of benzene rings is 2. The maximum absolute atomic E-state index is 2.47. The Morgan fingerprint density at radius 3 is 1.39 bits per heavy atom. The van der Waals surface area contributed by atoms with Crippen molar-refractivity contribution in [2.45, 2.75) is 124 Å². The van der Waals surface area contributed by atoms with Crippen molar-refractivity contribution in [1.82, 2.24) is 0 Å². The van der Waals surface area contributed by atoms with Crippen molar-refractivity contribution in [2.24, 2.45) is 0 Å². The molecule has 0 aliphatic carbocycles. The van der Waals surface area contributed by atoms with E-state index < -0.39 is 0 Å². The molecular weight excluding hydrogens is 372 g/mol. The minimum Gasteiger partial charge on any atom is -0.0584 e. The summed E-state index contributed by atoms with van der Waals surface area (Å²) in [6.07, 6.45) is 1.08. The molecule has 1 atom stereocenters. The molecule has 0 nitrogen and oxygen atoms in total. The maximum Gasteiger partial charge on any atom is -0.0129 e. The van der Waals surface area contributed by atoms with Crippen molar-refractivity contribution in [3.8, 4) is 0 Å². The molecule has 0 amide bonds. The summed E-state index contributed by atoms with van der Waals surface area (Å²) in [7, 11) is 0. The van der Waals surface area contributed by atoms with Crippen LogP contribution in [-0.2, 0) is 28.1 Å². The highest BCUT2D eigenvalue weighted by Crippen LogP contribution is 2.36. The van der Waals surface area contributed by atoms with Crippen LogP contribution in [0, 0.1) is 0 Å². The molecule has 0 N–H and O–H groups in total. The minimum absolute atomic E-state index is 0.139. The molecule has 0 radical (unpaired) electrons. The van der Waals surface area contributed by atoms with Gasteiger partial charge in [0.05, 0.1) is 0 Å². The SMILES string of the molecule is CC(Cc1ccc(C(C)(C)C)cc1C(C)(C)C)c1cc(C(C)(C)C)cc(C(C)(C)C)c1. The first-order valence-electron chi connectivity index (χ1n) is 12.1. The van der Waals surface area contributed by atoms with Gasteiger partial charge in [0.1, 0.15) is 0 Å². The van der Waals surface area contributed by atoms with Gasteiger partial charge in [0, 0.05) is 0 Å². The van der Waals surface area contributed by atoms with Crippen LogP contribution in [0.25, 0.3) is 0 Å². The monoisotopic (exact) mass is 420 g/mol. The molecular formula is C31H48. The molecule has 0 heterocycles. The first-order valence-corrected chi connectivity index (χ1v) is 12.1. The molecule has 0 aromatic heterocycles. The predicted octanol–water partition coefficient (Wildman–Crippen LogP) is 9.22. The lowest BCUT2D eigenvalue weighted by Gasteiger charge is -2.30. The van der Waals surface area contributed by atoms with Crippen LogP contribution in [-0.4, -0.2) is 0 Å². The summed E-state index contributed by atoms with van der Waals surface area (Å²) < 4.78 is 0. The van der Waals surface area contributed by atoms with Crippen LogP contribution in [0.3, 0.4) is 0 Å². The van der Waals surface area contributed by atoms with Gasteiger partial charge in [-0.3, -0.25) is 0 Å². The summed E-state index contributed by atoms with van der Waals surface area (Å²) in [5.41, 5.74) is 9.40. The van der Waals surface area contributed by atoms with Gasteiger partial charge in [0.25, 0.3) is 0 Å². The largest absolute Gasteiger partial charge is 0.0584 e. The van der Waals surface area contributed by atoms with Gasteiger partial charge in [0.2, 0.25) is 0 Å². The third kappa shape index (κ3) is 6.47. The van der Waals surface area contributed by atoms with Gasteiger partial charge < -0.3 is 0 Å². The molecule has 0 aliphatic heterocycles. The molecule has 0 spiro atoms. The second-order valence-corrected chi connectivity index (χ2v) is 13.8. The summed E-state index contributed by atoms with van der Waals surface area (Å²) in [6.45, 7) is 30.3. The average Bonchev–Trinajstić information content (AvgIpc) is 2.58. The molecule has 2 aromatic carbocycles. The van der Waals surface area contributed by atoms with Gasteiger partial charge in [-0.15, -0.1) is 0 Å². The molecule has 2 aromatic rings. The minimum atomic E-state index is 0.139. The lowest BCUT2D eigenvalue weighted by molar-refractivity contribution is 0.557. The molecule has 0 saturated heterocycles. The zero-order chi connectivity index (χ0) is 24.0. The molecule has 31 heavy (non-hydrogen) atoms. The first kappa shape index (κ1) is 25.7. The van der Waals surface area contributed by atoms with Crippen LogP contribution in [0.1, 0.15) is 129 Å². The predicted molar refractivity (Wildman–Crippen MR) is 140 cm³/mol. The summed E-state index contributed by atoms with van der Waals surface area (Å²) in [5.74, 6) is 0.477. The zero-order valence-electron chi connectivity index (χ0n) is 22.7. The third-order valence-electron chi connectivity index (χ3n) is 6.57. The van der Waals surface area contributed by atoms with Crippen LogP contribution in [0.4, 0.5) is 0 Å². The lowest BCUT2D eigenvalue weighted by atomic mass is 9.75. The molecule has 0 aliphatic rings. The van der Waals surface area contributed by atoms with Crippen molar-refractivity contribution < 1.29 is 0 Å². The highest BCUT2D eigenvalue weighted by Gasteiger charge is 2.25. The van der Waals surface area contributed by atoms with Gasteiger partial charge in [-0.1, -0.05) is 126 Å². The molecule has 172 valence electrons. The first-order chi connectivity index (χ1) is 13.8. The smallest absolute Gasteiger partial charge is 0.0129 e. The van der Waals surface area contributed by atoms with Gasteiger partial charge in [-0.25, -0.2) is 0 Å². The fraction of sp³-hybridized carbons (Fsp3) is 0.613. The van der Waals surface area contributed by atoms with Crippen LogP contribution in [0.5, 0.6) is 0 Å². The van der Waals surface area contributed by atoms with E-state index in [0.29, 0.717) is 5.92 Å². The average molecular weight is 421 g/mol. The van der Waals surface area contributed by atoms with Gasteiger partial charge >= 0.3 is 0 Å². The van der Waals surface area contributed by atoms with Crippen LogP contribution in [0.15, 0.2) is 36.4 Å². The summed E-state index contributed by atoms with van der Waals surface area (Å²) >= 11 is 0. The second kappa shape index (κ2) is 8.42. The molecule has 0 heteroatoms. The Morgan fingerprint density at radius 1 is 0.548 bits per heavy atom. The van der Waals surface area contributed by atoms with Crippen LogP contribution in [0.2, 0.25) is 0 Å². The van der Waals surface area contributed by atoms with Gasteiger partial charge in [-0.05, 0) is 67.4 Å². The highest BCUT2D eigenvalue weighted by molar-refractivity contribution is 5.42. The van der Waals surface area contributed by atoms with E-state index in [1.165, 1.54) is 33.4 Å². The van der Waals surface area contributed by atoms with Gasteiger partial charge in [0.15, 0.2) is 0 Å². The number of hydrogen-bond donors (Lipinski definition) is 0. The van der Waals surface area contributed by atoms with E-state index in [0.717, 1.165) is 6.42 Å². The fourth-order valence-electron chi connectivity index (χ4n) is 4.17. The Hall–Kier alpha value is -1.56. The number of rotatable bonds is 3. The summed E-state index contributed by atoms with van der Waals surface area (Å²) in [6, 6.07) is 14.6. The van der Waals surface area contributed by atoms with E-state index >= 15 is 0 Å². The highest BCUT2D eigenvalue weighted by atomic mass is 14.3. The molecule has 0 fully saturated rings. The van der Waals surface area contributed by atoms with E-state index in [-0.39, 0.29) is 21.7 Å². The quantitative estimate of drug-likeness (QED) is 0.464. The van der Waals surface area contributed by atoms with E-state index in [1.54, 1.807) is 0 Å². The Morgan fingerprint density at radius 2 is 1.00 bits per heavy atom. The van der Waals surface area contributed by atoms with Gasteiger partial charge in [-0.2, -0.15) is 0 Å². The molecule has 1 unspecified atom stereocenters. The molecule has 0 saturated carbocycles. The van der Waals surface area contributed by atoms with E-state index in [4.69, 9.17) is 0 Å². The lowest BCUT2D eigenvalue weighted by Crippen LogP contribution is -2.20. The summed E-state index contributed by atoms with van der Waals surface area (Å²) in [4.78, 5) is 0. The summed E-state index contributed by atoms with van der Waals surface area (Å²) in [5, 5.41) is 0. The van der Waals surface area contributed by atoms with E-state index in [1.807, 2.05) is 0 Å². The Labute approximate surface area is 193 Å². The van der Waals surface area contributed by atoms with Crippen LogP contribution < -0.4 is 0 Å². The third-order valence-corrected chi connectivity index (χ3v) is 6.57. The van der Waals surface area contributed by atoms with Crippen molar-refractivity contribution in [3.63, 3.8) is 0 Å². The Kier molecular flexibility index (Phi) is 6.98. The van der Waals surface area contributed by atoms with Crippen molar-refractivity contribution >= 4 is 0 Å². The standard InChI is InChI=1S/C31H48/c1-21(23-17-25(29(5,6)7)19-26(18-23)30(8,9)10)16-22-14-15-24(28(2,3)4)20-27(22)31(11,12)13/h14-15,17-21H,16H2,1-13H3. The topological polar surface area (TPSA) is 0 Å². The fourth-order valence-corrected chi connectivity index (χ4v) is 4.17. The van der Waals surface area contributed by atoms with E-state index in [2.05, 4.69) is 126 Å². The molecule has 0 bridgehead atoms. The van der Waals surface area contributed by atoms with Crippen LogP contribution >= 0.6 is 0 Å². The molecule has 2 rings (SSSR count).